The molecule has 0 spiro atoms. The second kappa shape index (κ2) is 5.53. The van der Waals surface area contributed by atoms with Crippen LogP contribution in [0.1, 0.15) is 6.42 Å². The summed E-state index contributed by atoms with van der Waals surface area (Å²) in [6, 6.07) is 0. The summed E-state index contributed by atoms with van der Waals surface area (Å²) >= 11 is 5.29. The number of carbonyl (C=O) groups excluding carboxylic acids is 1. The van der Waals surface area contributed by atoms with Crippen molar-refractivity contribution in [1.29, 1.82) is 0 Å². The smallest absolute Gasteiger partial charge is 0.234 e. The number of amides is 1. The number of rotatable bonds is 5. The molecule has 0 aliphatic rings. The van der Waals surface area contributed by atoms with Crippen molar-refractivity contribution in [2.75, 3.05) is 12.4 Å². The SMILES string of the molecule is O=C(CCl)NCCCn1ccnn1. The third-order valence-electron chi connectivity index (χ3n) is 1.48. The fourth-order valence-electron chi connectivity index (χ4n) is 0.868. The molecule has 6 heteroatoms. The molecule has 0 atom stereocenters. The molecule has 0 bridgehead atoms. The lowest BCUT2D eigenvalue weighted by molar-refractivity contribution is -0.118. The van der Waals surface area contributed by atoms with Gasteiger partial charge in [0.25, 0.3) is 0 Å². The first-order valence-electron chi connectivity index (χ1n) is 3.99. The number of hydrogen-bond acceptors (Lipinski definition) is 3. The molecule has 0 saturated heterocycles. The van der Waals surface area contributed by atoms with Crippen molar-refractivity contribution in [3.8, 4) is 0 Å². The maximum Gasteiger partial charge on any atom is 0.234 e. The molecule has 0 aromatic carbocycles. The molecule has 0 radical (unpaired) electrons. The summed E-state index contributed by atoms with van der Waals surface area (Å²) in [6.07, 6.45) is 4.23. The third kappa shape index (κ3) is 3.89. The fraction of sp³-hybridized carbons (Fsp3) is 0.571. The summed E-state index contributed by atoms with van der Waals surface area (Å²) in [5.74, 6) is -0.121. The molecular formula is C7H11ClN4O. The lowest BCUT2D eigenvalue weighted by Crippen LogP contribution is -2.26. The normalized spacial score (nSPS) is 9.92. The van der Waals surface area contributed by atoms with Crippen LogP contribution in [0.4, 0.5) is 0 Å². The van der Waals surface area contributed by atoms with Crippen LogP contribution >= 0.6 is 11.6 Å². The molecule has 1 rings (SSSR count). The van der Waals surface area contributed by atoms with Gasteiger partial charge >= 0.3 is 0 Å². The third-order valence-corrected chi connectivity index (χ3v) is 1.72. The van der Waals surface area contributed by atoms with E-state index in [1.165, 1.54) is 0 Å². The number of nitrogens with zero attached hydrogens (tertiary/aromatic N) is 3. The zero-order valence-corrected chi connectivity index (χ0v) is 7.87. The van der Waals surface area contributed by atoms with E-state index >= 15 is 0 Å². The van der Waals surface area contributed by atoms with Crippen molar-refractivity contribution >= 4 is 17.5 Å². The monoisotopic (exact) mass is 202 g/mol. The lowest BCUT2D eigenvalue weighted by Gasteiger charge is -2.02. The number of halogens is 1. The molecule has 0 saturated carbocycles. The molecule has 1 N–H and O–H groups in total. The minimum Gasteiger partial charge on any atom is -0.355 e. The summed E-state index contributed by atoms with van der Waals surface area (Å²) in [6.45, 7) is 1.37. The maximum atomic E-state index is 10.7. The van der Waals surface area contributed by atoms with E-state index in [1.54, 1.807) is 17.1 Å². The first-order valence-corrected chi connectivity index (χ1v) is 4.53. The van der Waals surface area contributed by atoms with Crippen LogP contribution < -0.4 is 5.32 Å². The number of alkyl halides is 1. The van der Waals surface area contributed by atoms with Crippen molar-refractivity contribution in [2.45, 2.75) is 13.0 Å². The first-order chi connectivity index (χ1) is 6.33. The molecule has 1 amide bonds. The first kappa shape index (κ1) is 9.98. The summed E-state index contributed by atoms with van der Waals surface area (Å²) in [5, 5.41) is 10.1. The van der Waals surface area contributed by atoms with Crippen LogP contribution in [0.5, 0.6) is 0 Å². The van der Waals surface area contributed by atoms with E-state index in [-0.39, 0.29) is 11.8 Å². The second-order valence-corrected chi connectivity index (χ2v) is 2.77. The Morgan fingerprint density at radius 1 is 1.62 bits per heavy atom. The van der Waals surface area contributed by atoms with E-state index in [2.05, 4.69) is 15.6 Å². The largest absolute Gasteiger partial charge is 0.355 e. The Morgan fingerprint density at radius 3 is 3.08 bits per heavy atom. The lowest BCUT2D eigenvalue weighted by atomic mass is 10.4. The van der Waals surface area contributed by atoms with Crippen LogP contribution in [0.25, 0.3) is 0 Å². The number of aryl methyl sites for hydroxylation is 1. The van der Waals surface area contributed by atoms with E-state index in [9.17, 15) is 4.79 Å². The van der Waals surface area contributed by atoms with E-state index < -0.39 is 0 Å². The van der Waals surface area contributed by atoms with Gasteiger partial charge in [0.1, 0.15) is 5.88 Å². The van der Waals surface area contributed by atoms with Gasteiger partial charge in [-0.05, 0) is 6.42 Å². The van der Waals surface area contributed by atoms with Crippen molar-refractivity contribution < 1.29 is 4.79 Å². The molecular weight excluding hydrogens is 192 g/mol. The van der Waals surface area contributed by atoms with Crippen molar-refractivity contribution in [1.82, 2.24) is 20.3 Å². The van der Waals surface area contributed by atoms with Gasteiger partial charge in [-0.2, -0.15) is 0 Å². The van der Waals surface area contributed by atoms with E-state index in [1.807, 2.05) is 0 Å². The van der Waals surface area contributed by atoms with Gasteiger partial charge in [0.15, 0.2) is 0 Å². The van der Waals surface area contributed by atoms with Crippen molar-refractivity contribution in [3.05, 3.63) is 12.4 Å². The predicted molar refractivity (Wildman–Crippen MR) is 48.4 cm³/mol. The molecule has 1 aromatic heterocycles. The fourth-order valence-corrected chi connectivity index (χ4v) is 0.963. The molecule has 0 aliphatic carbocycles. The number of hydrogen-bond donors (Lipinski definition) is 1. The van der Waals surface area contributed by atoms with E-state index in [4.69, 9.17) is 11.6 Å². The second-order valence-electron chi connectivity index (χ2n) is 2.50. The Bertz CT molecular complexity index is 249. The van der Waals surface area contributed by atoms with Crippen LogP contribution in [0.3, 0.4) is 0 Å². The van der Waals surface area contributed by atoms with Gasteiger partial charge in [0.2, 0.25) is 5.91 Å². The van der Waals surface area contributed by atoms with Gasteiger partial charge in [0.05, 0.1) is 6.20 Å². The molecule has 1 heterocycles. The highest BCUT2D eigenvalue weighted by atomic mass is 35.5. The average molecular weight is 203 g/mol. The number of nitrogens with one attached hydrogen (secondary N) is 1. The van der Waals surface area contributed by atoms with Crippen molar-refractivity contribution in [2.24, 2.45) is 0 Å². The van der Waals surface area contributed by atoms with Crippen LogP contribution in [0, 0.1) is 0 Å². The Hall–Kier alpha value is -1.10. The maximum absolute atomic E-state index is 10.7. The van der Waals surface area contributed by atoms with Gasteiger partial charge in [-0.1, -0.05) is 5.21 Å². The highest BCUT2D eigenvalue weighted by molar-refractivity contribution is 6.27. The van der Waals surface area contributed by atoms with Crippen LogP contribution in [-0.4, -0.2) is 33.3 Å². The topological polar surface area (TPSA) is 59.8 Å². The summed E-state index contributed by atoms with van der Waals surface area (Å²) in [4.78, 5) is 10.7. The average Bonchev–Trinajstić information content (AvgIpc) is 2.64. The van der Waals surface area contributed by atoms with Crippen molar-refractivity contribution in [3.63, 3.8) is 0 Å². The van der Waals surface area contributed by atoms with E-state index in [0.717, 1.165) is 13.0 Å². The quantitative estimate of drug-likeness (QED) is 0.541. The van der Waals surface area contributed by atoms with Gasteiger partial charge in [-0.25, -0.2) is 0 Å². The van der Waals surface area contributed by atoms with Crippen LogP contribution in [0.15, 0.2) is 12.4 Å². The molecule has 0 aliphatic heterocycles. The Morgan fingerprint density at radius 2 is 2.46 bits per heavy atom. The Kier molecular flexibility index (Phi) is 4.25. The minimum atomic E-state index is -0.139. The summed E-state index contributed by atoms with van der Waals surface area (Å²) in [5.41, 5.74) is 0. The molecule has 5 nitrogen and oxygen atoms in total. The van der Waals surface area contributed by atoms with Crippen LogP contribution in [-0.2, 0) is 11.3 Å². The molecule has 1 aromatic rings. The zero-order valence-electron chi connectivity index (χ0n) is 7.11. The summed E-state index contributed by atoms with van der Waals surface area (Å²) < 4.78 is 1.72. The van der Waals surface area contributed by atoms with Crippen LogP contribution in [0.2, 0.25) is 0 Å². The number of carbonyl (C=O) groups is 1. The van der Waals surface area contributed by atoms with Gasteiger partial charge in [-0.15, -0.1) is 16.7 Å². The summed E-state index contributed by atoms with van der Waals surface area (Å²) in [7, 11) is 0. The van der Waals surface area contributed by atoms with Gasteiger partial charge in [-0.3, -0.25) is 9.48 Å². The molecule has 0 fully saturated rings. The minimum absolute atomic E-state index is 0.0172. The standard InChI is InChI=1S/C7H11ClN4O/c8-6-7(13)9-2-1-4-12-5-3-10-11-12/h3,5H,1-2,4,6H2,(H,9,13). The Labute approximate surface area is 81.1 Å². The highest BCUT2D eigenvalue weighted by Crippen LogP contribution is 1.85. The highest BCUT2D eigenvalue weighted by Gasteiger charge is 1.96. The molecule has 0 unspecified atom stereocenters. The van der Waals surface area contributed by atoms with Gasteiger partial charge in [0, 0.05) is 19.3 Å². The Balaban J connectivity index is 2.05. The zero-order chi connectivity index (χ0) is 9.52. The number of aromatic nitrogens is 3. The predicted octanol–water partition coefficient (Wildman–Crippen LogP) is 0.0232. The molecule has 13 heavy (non-hydrogen) atoms. The van der Waals surface area contributed by atoms with Gasteiger partial charge < -0.3 is 5.32 Å². The molecule has 72 valence electrons. The van der Waals surface area contributed by atoms with E-state index in [0.29, 0.717) is 6.54 Å².